The fraction of sp³-hybridized carbons (Fsp3) is 0.625. The van der Waals surface area contributed by atoms with Crippen LogP contribution in [0, 0.1) is 5.41 Å². The Morgan fingerprint density at radius 3 is 1.92 bits per heavy atom. The lowest BCUT2D eigenvalue weighted by molar-refractivity contribution is -0.134. The fourth-order valence-electron chi connectivity index (χ4n) is 0.822. The predicted octanol–water partition coefficient (Wildman–Crippen LogP) is 0.150. The van der Waals surface area contributed by atoms with Crippen LogP contribution in [0.4, 0.5) is 0 Å². The van der Waals surface area contributed by atoms with Gasteiger partial charge in [0.25, 0.3) is 5.97 Å². The first kappa shape index (κ1) is 11.6. The zero-order valence-electron chi connectivity index (χ0n) is 7.88. The van der Waals surface area contributed by atoms with Crippen molar-refractivity contribution < 1.29 is 19.5 Å². The molecule has 2 amide bonds. The van der Waals surface area contributed by atoms with Gasteiger partial charge in [0.15, 0.2) is 0 Å². The van der Waals surface area contributed by atoms with Crippen LogP contribution in [0.5, 0.6) is 0 Å². The maximum absolute atomic E-state index is 10.8. The highest BCUT2D eigenvalue weighted by atomic mass is 16.4. The smallest absolute Gasteiger partial charge is 0.300 e. The second-order valence-corrected chi connectivity index (χ2v) is 3.46. The summed E-state index contributed by atoms with van der Waals surface area (Å²) in [5.74, 6) is -1.16. The maximum atomic E-state index is 10.8. The van der Waals surface area contributed by atoms with Crippen LogP contribution in [0.2, 0.25) is 0 Å². The van der Waals surface area contributed by atoms with Gasteiger partial charge in [-0.1, -0.05) is 13.8 Å². The third-order valence-corrected chi connectivity index (χ3v) is 1.47. The Labute approximate surface area is 76.1 Å². The molecule has 1 aliphatic heterocycles. The summed E-state index contributed by atoms with van der Waals surface area (Å²) in [6.45, 7) is 4.60. The van der Waals surface area contributed by atoms with E-state index in [-0.39, 0.29) is 11.8 Å². The van der Waals surface area contributed by atoms with Crippen LogP contribution in [0.15, 0.2) is 0 Å². The molecule has 0 aromatic rings. The minimum Gasteiger partial charge on any atom is -0.481 e. The Balaban J connectivity index is 0.000000310. The number of carbonyl (C=O) groups excluding carboxylic acids is 2. The van der Waals surface area contributed by atoms with E-state index in [1.807, 2.05) is 0 Å². The van der Waals surface area contributed by atoms with Crippen molar-refractivity contribution in [3.05, 3.63) is 0 Å². The standard InChI is InChI=1S/C6H9NO2.C2H4O2/c1-6(2)3-4(8)7-5(6)9;1-2(3)4/h3H2,1-2H3,(H,7,8,9);1H3,(H,3,4). The summed E-state index contributed by atoms with van der Waals surface area (Å²) in [5.41, 5.74) is -0.475. The van der Waals surface area contributed by atoms with E-state index in [1.165, 1.54) is 0 Å². The molecule has 74 valence electrons. The minimum absolute atomic E-state index is 0.160. The molecule has 0 atom stereocenters. The van der Waals surface area contributed by atoms with Gasteiger partial charge in [0.1, 0.15) is 0 Å². The summed E-state index contributed by atoms with van der Waals surface area (Å²) in [6.07, 6.45) is 0.325. The SMILES string of the molecule is CC(=O)O.CC1(C)CC(=O)NC1=O. The number of hydrogen-bond donors (Lipinski definition) is 2. The van der Waals surface area contributed by atoms with Crippen LogP contribution in [0.1, 0.15) is 27.2 Å². The van der Waals surface area contributed by atoms with E-state index in [4.69, 9.17) is 9.90 Å². The van der Waals surface area contributed by atoms with Gasteiger partial charge < -0.3 is 5.11 Å². The van der Waals surface area contributed by atoms with Crippen molar-refractivity contribution in [2.45, 2.75) is 27.2 Å². The number of carboxylic acids is 1. The average Bonchev–Trinajstić information content (AvgIpc) is 2.02. The predicted molar refractivity (Wildman–Crippen MR) is 44.9 cm³/mol. The molecular formula is C8H13NO4. The van der Waals surface area contributed by atoms with Crippen LogP contribution in [0.25, 0.3) is 0 Å². The highest BCUT2D eigenvalue weighted by Gasteiger charge is 2.37. The number of rotatable bonds is 0. The summed E-state index contributed by atoms with van der Waals surface area (Å²) in [4.78, 5) is 30.3. The molecule has 0 radical (unpaired) electrons. The molecule has 0 saturated carbocycles. The molecule has 1 saturated heterocycles. The monoisotopic (exact) mass is 187 g/mol. The molecule has 1 heterocycles. The van der Waals surface area contributed by atoms with E-state index in [0.717, 1.165) is 6.92 Å². The number of carboxylic acid groups (broad SMARTS) is 1. The van der Waals surface area contributed by atoms with Gasteiger partial charge in [0.2, 0.25) is 11.8 Å². The van der Waals surface area contributed by atoms with Gasteiger partial charge in [-0.3, -0.25) is 19.7 Å². The van der Waals surface area contributed by atoms with Crippen LogP contribution >= 0.6 is 0 Å². The Hall–Kier alpha value is -1.39. The first-order valence-corrected chi connectivity index (χ1v) is 3.79. The van der Waals surface area contributed by atoms with E-state index in [9.17, 15) is 9.59 Å². The van der Waals surface area contributed by atoms with Crippen LogP contribution in [-0.2, 0) is 14.4 Å². The second kappa shape index (κ2) is 4.02. The van der Waals surface area contributed by atoms with Crippen molar-refractivity contribution in [3.63, 3.8) is 0 Å². The number of imide groups is 1. The molecule has 1 rings (SSSR count). The summed E-state index contributed by atoms with van der Waals surface area (Å²) < 4.78 is 0. The number of carbonyl (C=O) groups is 3. The van der Waals surface area contributed by atoms with Gasteiger partial charge >= 0.3 is 0 Å². The third kappa shape index (κ3) is 4.25. The van der Waals surface area contributed by atoms with Gasteiger partial charge in [0.05, 0.1) is 5.41 Å². The lowest BCUT2D eigenvalue weighted by Gasteiger charge is -2.08. The van der Waals surface area contributed by atoms with Crippen molar-refractivity contribution in [3.8, 4) is 0 Å². The summed E-state index contributed by atoms with van der Waals surface area (Å²) in [5, 5.41) is 9.65. The summed E-state index contributed by atoms with van der Waals surface area (Å²) in [6, 6.07) is 0. The van der Waals surface area contributed by atoms with Crippen molar-refractivity contribution in [1.82, 2.24) is 5.32 Å². The topological polar surface area (TPSA) is 83.5 Å². The first-order valence-electron chi connectivity index (χ1n) is 3.79. The van der Waals surface area contributed by atoms with E-state index >= 15 is 0 Å². The molecule has 0 aromatic carbocycles. The molecule has 5 nitrogen and oxygen atoms in total. The zero-order chi connectivity index (χ0) is 10.6. The molecule has 0 aromatic heterocycles. The van der Waals surface area contributed by atoms with Crippen molar-refractivity contribution in [2.24, 2.45) is 5.41 Å². The van der Waals surface area contributed by atoms with Gasteiger partial charge in [-0.2, -0.15) is 0 Å². The highest BCUT2D eigenvalue weighted by Crippen LogP contribution is 2.24. The van der Waals surface area contributed by atoms with Crippen LogP contribution in [0.3, 0.4) is 0 Å². The van der Waals surface area contributed by atoms with E-state index < -0.39 is 11.4 Å². The molecule has 1 fully saturated rings. The Kier molecular flexibility index (Phi) is 3.59. The normalized spacial score (nSPS) is 18.7. The number of aliphatic carboxylic acids is 1. The third-order valence-electron chi connectivity index (χ3n) is 1.47. The number of amides is 2. The van der Waals surface area contributed by atoms with E-state index in [0.29, 0.717) is 6.42 Å². The lowest BCUT2D eigenvalue weighted by atomic mass is 9.92. The van der Waals surface area contributed by atoms with Crippen LogP contribution < -0.4 is 5.32 Å². The Morgan fingerprint density at radius 1 is 1.46 bits per heavy atom. The average molecular weight is 187 g/mol. The lowest BCUT2D eigenvalue weighted by Crippen LogP contribution is -2.26. The highest BCUT2D eigenvalue weighted by molar-refractivity contribution is 6.05. The largest absolute Gasteiger partial charge is 0.481 e. The Bertz CT molecular complexity index is 241. The maximum Gasteiger partial charge on any atom is 0.300 e. The molecule has 0 spiro atoms. The molecule has 0 bridgehead atoms. The van der Waals surface area contributed by atoms with Gasteiger partial charge in [-0.15, -0.1) is 0 Å². The molecular weight excluding hydrogens is 174 g/mol. The number of nitrogens with one attached hydrogen (secondary N) is 1. The second-order valence-electron chi connectivity index (χ2n) is 3.46. The van der Waals surface area contributed by atoms with Gasteiger partial charge in [0, 0.05) is 13.3 Å². The van der Waals surface area contributed by atoms with Crippen molar-refractivity contribution >= 4 is 17.8 Å². The molecule has 13 heavy (non-hydrogen) atoms. The molecule has 0 aliphatic carbocycles. The molecule has 1 aliphatic rings. The minimum atomic E-state index is -0.833. The quantitative estimate of drug-likeness (QED) is 0.529. The van der Waals surface area contributed by atoms with Gasteiger partial charge in [-0.25, -0.2) is 0 Å². The van der Waals surface area contributed by atoms with Crippen LogP contribution in [-0.4, -0.2) is 22.9 Å². The van der Waals surface area contributed by atoms with E-state index in [1.54, 1.807) is 13.8 Å². The number of hydrogen-bond acceptors (Lipinski definition) is 3. The fourth-order valence-corrected chi connectivity index (χ4v) is 0.822. The summed E-state index contributed by atoms with van der Waals surface area (Å²) >= 11 is 0. The van der Waals surface area contributed by atoms with Gasteiger partial charge in [-0.05, 0) is 0 Å². The zero-order valence-corrected chi connectivity index (χ0v) is 7.88. The molecule has 0 unspecified atom stereocenters. The Morgan fingerprint density at radius 2 is 1.85 bits per heavy atom. The summed E-state index contributed by atoms with van der Waals surface area (Å²) in [7, 11) is 0. The molecule has 2 N–H and O–H groups in total. The molecule has 5 heteroatoms. The van der Waals surface area contributed by atoms with Crippen molar-refractivity contribution in [2.75, 3.05) is 0 Å². The van der Waals surface area contributed by atoms with Crippen molar-refractivity contribution in [1.29, 1.82) is 0 Å². The first-order chi connectivity index (χ1) is 5.75. The van der Waals surface area contributed by atoms with E-state index in [2.05, 4.69) is 5.32 Å².